The van der Waals surface area contributed by atoms with E-state index in [2.05, 4.69) is 36.5 Å². The zero-order valence-corrected chi connectivity index (χ0v) is 19.0. The number of nitriles is 1. The van der Waals surface area contributed by atoms with Crippen LogP contribution in [0.5, 0.6) is 11.5 Å². The van der Waals surface area contributed by atoms with E-state index in [1.54, 1.807) is 37.5 Å². The summed E-state index contributed by atoms with van der Waals surface area (Å²) in [7, 11) is 1.57. The zero-order chi connectivity index (χ0) is 23.9. The molecule has 5 nitrogen and oxygen atoms in total. The predicted molar refractivity (Wildman–Crippen MR) is 135 cm³/mol. The molecule has 0 fully saturated rings. The SMILES string of the molecule is COc1ccc(NC(=O)/C(C#N)=C/c2ccccc2OCc2c(C)ccc3ccccc23)cc1. The van der Waals surface area contributed by atoms with Crippen LogP contribution in [0.25, 0.3) is 16.8 Å². The Balaban J connectivity index is 1.56. The third kappa shape index (κ3) is 5.08. The van der Waals surface area contributed by atoms with Crippen molar-refractivity contribution in [1.29, 1.82) is 5.26 Å². The molecule has 0 saturated carbocycles. The fraction of sp³-hybridized carbons (Fsp3) is 0.103. The van der Waals surface area contributed by atoms with Gasteiger partial charge in [0.05, 0.1) is 7.11 Å². The van der Waals surface area contributed by atoms with E-state index >= 15 is 0 Å². The van der Waals surface area contributed by atoms with Crippen molar-refractivity contribution in [3.63, 3.8) is 0 Å². The maximum Gasteiger partial charge on any atom is 0.266 e. The molecule has 168 valence electrons. The van der Waals surface area contributed by atoms with Gasteiger partial charge >= 0.3 is 0 Å². The number of fused-ring (bicyclic) bond motifs is 1. The number of hydrogen-bond donors (Lipinski definition) is 1. The van der Waals surface area contributed by atoms with Gasteiger partial charge in [-0.05, 0) is 59.7 Å². The maximum absolute atomic E-state index is 12.7. The highest BCUT2D eigenvalue weighted by Crippen LogP contribution is 2.27. The first-order chi connectivity index (χ1) is 16.6. The first-order valence-corrected chi connectivity index (χ1v) is 10.9. The minimum absolute atomic E-state index is 0.0202. The molecule has 34 heavy (non-hydrogen) atoms. The van der Waals surface area contributed by atoms with Gasteiger partial charge in [-0.2, -0.15) is 5.26 Å². The number of nitrogens with zero attached hydrogens (tertiary/aromatic N) is 1. The number of amides is 1. The lowest BCUT2D eigenvalue weighted by atomic mass is 10.0. The Kier molecular flexibility index (Phi) is 6.90. The van der Waals surface area contributed by atoms with Crippen LogP contribution in [-0.2, 0) is 11.4 Å². The number of aryl methyl sites for hydroxylation is 1. The molecule has 0 aliphatic carbocycles. The molecule has 0 radical (unpaired) electrons. The zero-order valence-electron chi connectivity index (χ0n) is 19.0. The normalized spacial score (nSPS) is 11.0. The van der Waals surface area contributed by atoms with E-state index in [1.165, 1.54) is 0 Å². The molecule has 0 aliphatic heterocycles. The average Bonchev–Trinajstić information content (AvgIpc) is 2.87. The summed E-state index contributed by atoms with van der Waals surface area (Å²) in [5.41, 5.74) is 3.45. The number of nitrogens with one attached hydrogen (secondary N) is 1. The van der Waals surface area contributed by atoms with E-state index in [0.29, 0.717) is 29.4 Å². The number of rotatable bonds is 7. The quantitative estimate of drug-likeness (QED) is 0.267. The van der Waals surface area contributed by atoms with Gasteiger partial charge in [-0.25, -0.2) is 0 Å². The Labute approximate surface area is 198 Å². The van der Waals surface area contributed by atoms with Gasteiger partial charge in [-0.1, -0.05) is 54.6 Å². The summed E-state index contributed by atoms with van der Waals surface area (Å²) >= 11 is 0. The van der Waals surface area contributed by atoms with Gasteiger partial charge in [0.15, 0.2) is 0 Å². The average molecular weight is 449 g/mol. The Bertz CT molecular complexity index is 1400. The molecule has 0 spiro atoms. The number of para-hydroxylation sites is 1. The highest BCUT2D eigenvalue weighted by Gasteiger charge is 2.12. The Morgan fingerprint density at radius 3 is 2.47 bits per heavy atom. The molecule has 4 aromatic rings. The third-order valence-corrected chi connectivity index (χ3v) is 5.58. The highest BCUT2D eigenvalue weighted by atomic mass is 16.5. The molecule has 0 heterocycles. The number of carbonyl (C=O) groups is 1. The molecule has 0 aliphatic rings. The Morgan fingerprint density at radius 1 is 0.971 bits per heavy atom. The lowest BCUT2D eigenvalue weighted by molar-refractivity contribution is -0.112. The van der Waals surface area contributed by atoms with Crippen molar-refractivity contribution in [1.82, 2.24) is 0 Å². The summed E-state index contributed by atoms with van der Waals surface area (Å²) in [5.74, 6) is 0.786. The lowest BCUT2D eigenvalue weighted by Crippen LogP contribution is -2.13. The van der Waals surface area contributed by atoms with Gasteiger partial charge in [-0.15, -0.1) is 0 Å². The molecule has 1 N–H and O–H groups in total. The van der Waals surface area contributed by atoms with E-state index in [1.807, 2.05) is 42.5 Å². The van der Waals surface area contributed by atoms with E-state index < -0.39 is 5.91 Å². The molecule has 5 heteroatoms. The van der Waals surface area contributed by atoms with Gasteiger partial charge in [0.1, 0.15) is 29.7 Å². The van der Waals surface area contributed by atoms with Crippen LogP contribution in [0.1, 0.15) is 16.7 Å². The molecular weight excluding hydrogens is 424 g/mol. The van der Waals surface area contributed by atoms with Crippen LogP contribution in [0, 0.1) is 18.3 Å². The van der Waals surface area contributed by atoms with Crippen molar-refractivity contribution in [2.45, 2.75) is 13.5 Å². The molecule has 0 saturated heterocycles. The van der Waals surface area contributed by atoms with Crippen molar-refractivity contribution in [2.75, 3.05) is 12.4 Å². The molecule has 1 amide bonds. The Hall–Kier alpha value is -4.56. The summed E-state index contributed by atoms with van der Waals surface area (Å²) in [6.07, 6.45) is 1.55. The van der Waals surface area contributed by atoms with Crippen molar-refractivity contribution in [3.8, 4) is 17.6 Å². The lowest BCUT2D eigenvalue weighted by Gasteiger charge is -2.14. The molecule has 0 atom stereocenters. The van der Waals surface area contributed by atoms with Crippen LogP contribution < -0.4 is 14.8 Å². The van der Waals surface area contributed by atoms with Gasteiger partial charge in [0.2, 0.25) is 0 Å². The van der Waals surface area contributed by atoms with E-state index in [-0.39, 0.29) is 5.57 Å². The Morgan fingerprint density at radius 2 is 1.71 bits per heavy atom. The first kappa shape index (κ1) is 22.6. The molecule has 4 aromatic carbocycles. The smallest absolute Gasteiger partial charge is 0.266 e. The fourth-order valence-electron chi connectivity index (χ4n) is 3.69. The molecular formula is C29H24N2O3. The van der Waals surface area contributed by atoms with Crippen molar-refractivity contribution in [2.24, 2.45) is 0 Å². The second-order valence-electron chi connectivity index (χ2n) is 7.76. The maximum atomic E-state index is 12.7. The number of ether oxygens (including phenoxy) is 2. The number of hydrogen-bond acceptors (Lipinski definition) is 4. The fourth-order valence-corrected chi connectivity index (χ4v) is 3.69. The third-order valence-electron chi connectivity index (χ3n) is 5.58. The number of benzene rings is 4. The summed E-state index contributed by atoms with van der Waals surface area (Å²) < 4.78 is 11.3. The van der Waals surface area contributed by atoms with Crippen LogP contribution in [0.2, 0.25) is 0 Å². The number of carbonyl (C=O) groups excluding carboxylic acids is 1. The summed E-state index contributed by atoms with van der Waals surface area (Å²) in [4.78, 5) is 12.7. The standard InChI is InChI=1S/C29H24N2O3/c1-20-11-12-21-7-3-5-9-26(21)27(20)19-34-28-10-6-4-8-22(28)17-23(18-30)29(32)31-24-13-15-25(33-2)16-14-24/h3-17H,19H2,1-2H3,(H,31,32)/b23-17+. The molecule has 0 bridgehead atoms. The van der Waals surface area contributed by atoms with Gasteiger partial charge in [0.25, 0.3) is 5.91 Å². The second kappa shape index (κ2) is 10.4. The topological polar surface area (TPSA) is 71.3 Å². The minimum Gasteiger partial charge on any atom is -0.497 e. The summed E-state index contributed by atoms with van der Waals surface area (Å²) in [6.45, 7) is 2.44. The van der Waals surface area contributed by atoms with Crippen molar-refractivity contribution < 1.29 is 14.3 Å². The van der Waals surface area contributed by atoms with Crippen molar-refractivity contribution in [3.05, 3.63) is 107 Å². The predicted octanol–water partition coefficient (Wildman–Crippen LogP) is 6.28. The van der Waals surface area contributed by atoms with E-state index in [4.69, 9.17) is 9.47 Å². The summed E-state index contributed by atoms with van der Waals surface area (Å²) in [6, 6.07) is 28.7. The largest absolute Gasteiger partial charge is 0.497 e. The first-order valence-electron chi connectivity index (χ1n) is 10.9. The molecule has 4 rings (SSSR count). The second-order valence-corrected chi connectivity index (χ2v) is 7.76. The van der Waals surface area contributed by atoms with Gasteiger partial charge < -0.3 is 14.8 Å². The monoisotopic (exact) mass is 448 g/mol. The minimum atomic E-state index is -0.493. The van der Waals surface area contributed by atoms with E-state index in [9.17, 15) is 10.1 Å². The molecule has 0 aromatic heterocycles. The van der Waals surface area contributed by atoms with Crippen LogP contribution >= 0.6 is 0 Å². The highest BCUT2D eigenvalue weighted by molar-refractivity contribution is 6.09. The molecule has 0 unspecified atom stereocenters. The van der Waals surface area contributed by atoms with E-state index in [0.717, 1.165) is 21.9 Å². The van der Waals surface area contributed by atoms with Gasteiger partial charge in [0, 0.05) is 16.8 Å². The summed E-state index contributed by atoms with van der Waals surface area (Å²) in [5, 5.41) is 14.7. The van der Waals surface area contributed by atoms with Crippen molar-refractivity contribution >= 4 is 28.4 Å². The van der Waals surface area contributed by atoms with Crippen LogP contribution in [0.4, 0.5) is 5.69 Å². The van der Waals surface area contributed by atoms with Crippen LogP contribution in [-0.4, -0.2) is 13.0 Å². The van der Waals surface area contributed by atoms with Crippen LogP contribution in [0.15, 0.2) is 90.5 Å². The number of anilines is 1. The van der Waals surface area contributed by atoms with Gasteiger partial charge in [-0.3, -0.25) is 4.79 Å². The van der Waals surface area contributed by atoms with Crippen LogP contribution in [0.3, 0.4) is 0 Å². The number of methoxy groups -OCH3 is 1.